The number of nitrogens with one attached hydrogen (secondary N) is 3. The smallest absolute Gasteiger partial charge is 0.236 e. The van der Waals surface area contributed by atoms with Gasteiger partial charge in [0.1, 0.15) is 0 Å². The van der Waals surface area contributed by atoms with Crippen LogP contribution in [0.1, 0.15) is 90.4 Å². The van der Waals surface area contributed by atoms with E-state index in [-0.39, 0.29) is 5.91 Å². The molecule has 0 radical (unpaired) electrons. The van der Waals surface area contributed by atoms with Crippen LogP contribution < -0.4 is 21.7 Å². The molecule has 7 nitrogen and oxygen atoms in total. The molecule has 0 aromatic heterocycles. The fourth-order valence-electron chi connectivity index (χ4n) is 4.12. The van der Waals surface area contributed by atoms with E-state index in [0.717, 1.165) is 69.3 Å². The van der Waals surface area contributed by atoms with Crippen molar-refractivity contribution < 1.29 is 4.79 Å². The molecule has 1 atom stereocenters. The first-order valence-corrected chi connectivity index (χ1v) is 13.0. The number of unbranched alkanes of at least 4 members (excludes halogenated alkanes) is 3. The topological polar surface area (TPSA) is 105 Å². The predicted molar refractivity (Wildman–Crippen MR) is 131 cm³/mol. The minimum atomic E-state index is -0.443. The fraction of sp³-hybridized carbons (Fsp3) is 0.958. The van der Waals surface area contributed by atoms with Gasteiger partial charge < -0.3 is 32.0 Å². The van der Waals surface area contributed by atoms with E-state index in [1.807, 2.05) is 0 Å². The molecule has 1 saturated carbocycles. The van der Waals surface area contributed by atoms with Crippen molar-refractivity contribution in [3.05, 3.63) is 5.21 Å². The van der Waals surface area contributed by atoms with E-state index in [1.54, 1.807) is 0 Å². The number of nitrogens with two attached hydrogens (primary N) is 1. The minimum Gasteiger partial charge on any atom is -0.785 e. The molecule has 0 aromatic rings. The van der Waals surface area contributed by atoms with Crippen LogP contribution in [0.3, 0.4) is 0 Å². The number of amides is 1. The zero-order chi connectivity index (χ0) is 22.6. The largest absolute Gasteiger partial charge is 0.785 e. The van der Waals surface area contributed by atoms with Crippen LogP contribution in [0.15, 0.2) is 0 Å². The van der Waals surface area contributed by atoms with Gasteiger partial charge in [0.05, 0.1) is 6.04 Å². The molecule has 31 heavy (non-hydrogen) atoms. The second kappa shape index (κ2) is 19.9. The van der Waals surface area contributed by atoms with Gasteiger partial charge in [-0.15, -0.1) is 0 Å². The lowest BCUT2D eigenvalue weighted by Crippen LogP contribution is -2.41. The molecule has 0 unspecified atom stereocenters. The highest BCUT2D eigenvalue weighted by Crippen LogP contribution is 2.22. The highest BCUT2D eigenvalue weighted by atomic mass is 16.5. The van der Waals surface area contributed by atoms with Gasteiger partial charge in [0.2, 0.25) is 5.91 Å². The van der Waals surface area contributed by atoms with Gasteiger partial charge in [-0.25, -0.2) is 0 Å². The highest BCUT2D eigenvalue weighted by molar-refractivity contribution is 5.81. The molecule has 1 fully saturated rings. The summed E-state index contributed by atoms with van der Waals surface area (Å²) in [6, 6.07) is -0.443. The van der Waals surface area contributed by atoms with Crippen LogP contribution in [-0.2, 0) is 4.79 Å². The average molecular weight is 441 g/mol. The van der Waals surface area contributed by atoms with Crippen molar-refractivity contribution in [2.75, 3.05) is 45.8 Å². The third-order valence-electron chi connectivity index (χ3n) is 6.21. The highest BCUT2D eigenvalue weighted by Gasteiger charge is 2.13. The minimum absolute atomic E-state index is 0.0919. The van der Waals surface area contributed by atoms with E-state index < -0.39 is 6.04 Å². The Morgan fingerprint density at radius 1 is 0.935 bits per heavy atom. The standard InChI is InChI=1S/C24H50N5O2/c1-2-3-15-26-16-9-10-19-29(31)20-11-18-28-24(30)23(25)14-7-8-17-27-21-22-12-5-4-6-13-22/h22-23,26-27H,2-21,25H2,1H3,(H,28,30)/q-1/t23-/m0/s1. The number of hydroxylamine groups is 2. The molecule has 0 saturated heterocycles. The summed E-state index contributed by atoms with van der Waals surface area (Å²) in [6.45, 7) is 7.94. The number of rotatable bonds is 20. The fourth-order valence-corrected chi connectivity index (χ4v) is 4.12. The molecule has 184 valence electrons. The summed E-state index contributed by atoms with van der Waals surface area (Å²) in [7, 11) is 0. The lowest BCUT2D eigenvalue weighted by atomic mass is 9.89. The summed E-state index contributed by atoms with van der Waals surface area (Å²) in [5.74, 6) is 0.769. The first-order valence-electron chi connectivity index (χ1n) is 13.0. The summed E-state index contributed by atoms with van der Waals surface area (Å²) >= 11 is 0. The number of hydrogen-bond donors (Lipinski definition) is 4. The summed E-state index contributed by atoms with van der Waals surface area (Å²) < 4.78 is 0. The number of carbonyl (C=O) groups is 1. The Kier molecular flexibility index (Phi) is 18.2. The third kappa shape index (κ3) is 16.5. The van der Waals surface area contributed by atoms with Crippen LogP contribution in [0.2, 0.25) is 0 Å². The maximum atomic E-state index is 12.1. The van der Waals surface area contributed by atoms with Crippen molar-refractivity contribution in [3.8, 4) is 0 Å². The van der Waals surface area contributed by atoms with Crippen LogP contribution in [0.25, 0.3) is 0 Å². The zero-order valence-corrected chi connectivity index (χ0v) is 20.1. The summed E-state index contributed by atoms with van der Waals surface area (Å²) in [5.41, 5.74) is 6.00. The summed E-state index contributed by atoms with van der Waals surface area (Å²) in [5, 5.41) is 22.8. The average Bonchev–Trinajstić information content (AvgIpc) is 2.78. The van der Waals surface area contributed by atoms with Gasteiger partial charge in [0.15, 0.2) is 0 Å². The summed E-state index contributed by atoms with van der Waals surface area (Å²) in [4.78, 5) is 12.1. The van der Waals surface area contributed by atoms with Gasteiger partial charge in [-0.1, -0.05) is 39.0 Å². The molecule has 0 aromatic carbocycles. The second-order valence-electron chi connectivity index (χ2n) is 9.19. The number of hydrogen-bond acceptors (Lipinski definition) is 6. The van der Waals surface area contributed by atoms with Gasteiger partial charge in [-0.3, -0.25) is 4.79 Å². The summed E-state index contributed by atoms with van der Waals surface area (Å²) in [6.07, 6.45) is 14.7. The van der Waals surface area contributed by atoms with Gasteiger partial charge >= 0.3 is 0 Å². The van der Waals surface area contributed by atoms with E-state index in [2.05, 4.69) is 22.9 Å². The molecule has 0 spiro atoms. The maximum absolute atomic E-state index is 12.1. The molecule has 1 aliphatic carbocycles. The monoisotopic (exact) mass is 440 g/mol. The van der Waals surface area contributed by atoms with E-state index in [1.165, 1.54) is 44.9 Å². The molecule has 0 bridgehead atoms. The zero-order valence-electron chi connectivity index (χ0n) is 20.1. The molecule has 7 heteroatoms. The number of carbonyl (C=O) groups excluding carboxylic acids is 1. The Hall–Kier alpha value is -0.730. The molecule has 1 aliphatic rings. The van der Waals surface area contributed by atoms with Gasteiger partial charge in [-0.05, 0) is 96.6 Å². The normalized spacial score (nSPS) is 16.0. The predicted octanol–water partition coefficient (Wildman–Crippen LogP) is 3.13. The Balaban J connectivity index is 1.88. The molecular weight excluding hydrogens is 390 g/mol. The third-order valence-corrected chi connectivity index (χ3v) is 6.21. The van der Waals surface area contributed by atoms with Crippen molar-refractivity contribution in [1.29, 1.82) is 0 Å². The number of nitrogens with zero attached hydrogens (tertiary/aromatic N) is 1. The first kappa shape index (κ1) is 28.3. The molecule has 1 rings (SSSR count). The Labute approximate surface area is 191 Å². The quantitative estimate of drug-likeness (QED) is 0.171. The van der Waals surface area contributed by atoms with Crippen molar-refractivity contribution in [2.24, 2.45) is 11.7 Å². The van der Waals surface area contributed by atoms with E-state index in [4.69, 9.17) is 5.73 Å². The Morgan fingerprint density at radius 2 is 1.61 bits per heavy atom. The lowest BCUT2D eigenvalue weighted by molar-refractivity contribution is -0.122. The van der Waals surface area contributed by atoms with E-state index in [9.17, 15) is 10.0 Å². The van der Waals surface area contributed by atoms with Crippen LogP contribution >= 0.6 is 0 Å². The van der Waals surface area contributed by atoms with Gasteiger partial charge in [0, 0.05) is 6.54 Å². The van der Waals surface area contributed by atoms with Crippen molar-refractivity contribution in [2.45, 2.75) is 96.4 Å². The Bertz CT molecular complexity index is 419. The van der Waals surface area contributed by atoms with Crippen LogP contribution in [0.5, 0.6) is 0 Å². The maximum Gasteiger partial charge on any atom is 0.236 e. The van der Waals surface area contributed by atoms with E-state index >= 15 is 0 Å². The van der Waals surface area contributed by atoms with E-state index in [0.29, 0.717) is 26.1 Å². The van der Waals surface area contributed by atoms with Crippen LogP contribution in [0.4, 0.5) is 0 Å². The van der Waals surface area contributed by atoms with Gasteiger partial charge in [0.25, 0.3) is 0 Å². The lowest BCUT2D eigenvalue weighted by Gasteiger charge is -2.28. The second-order valence-corrected chi connectivity index (χ2v) is 9.19. The Morgan fingerprint density at radius 3 is 2.39 bits per heavy atom. The van der Waals surface area contributed by atoms with Crippen molar-refractivity contribution in [1.82, 2.24) is 21.0 Å². The van der Waals surface area contributed by atoms with Crippen molar-refractivity contribution >= 4 is 5.91 Å². The first-order chi connectivity index (χ1) is 15.1. The van der Waals surface area contributed by atoms with Crippen molar-refractivity contribution in [3.63, 3.8) is 0 Å². The van der Waals surface area contributed by atoms with Gasteiger partial charge in [-0.2, -0.15) is 0 Å². The molecule has 0 aliphatic heterocycles. The molecule has 5 N–H and O–H groups in total. The van der Waals surface area contributed by atoms with Crippen LogP contribution in [0, 0.1) is 11.1 Å². The molecule has 0 heterocycles. The molecule has 1 amide bonds. The SMILES string of the molecule is CCCCNCCCCN([O-])CCCNC(=O)[C@@H](N)CCCCNCC1CCCCC1. The molecular formula is C24H50N5O2-. The van der Waals surface area contributed by atoms with Crippen LogP contribution in [-0.4, -0.2) is 62.8 Å².